The van der Waals surface area contributed by atoms with Gasteiger partial charge in [-0.1, -0.05) is 24.3 Å². The fourth-order valence-electron chi connectivity index (χ4n) is 3.37. The molecule has 1 saturated heterocycles. The highest BCUT2D eigenvalue weighted by Crippen LogP contribution is 2.38. The summed E-state index contributed by atoms with van der Waals surface area (Å²) in [7, 11) is 0. The molecule has 0 aliphatic carbocycles. The van der Waals surface area contributed by atoms with Crippen LogP contribution in [-0.4, -0.2) is 27.4 Å². The quantitative estimate of drug-likeness (QED) is 0.647. The van der Waals surface area contributed by atoms with Gasteiger partial charge >= 0.3 is 0 Å². The van der Waals surface area contributed by atoms with E-state index >= 15 is 0 Å². The summed E-state index contributed by atoms with van der Waals surface area (Å²) in [6.45, 7) is 2.00. The second-order valence-corrected chi connectivity index (χ2v) is 7.00. The van der Waals surface area contributed by atoms with Crippen LogP contribution in [0.25, 0.3) is 0 Å². The number of hydrogen-bond donors (Lipinski definition) is 2. The summed E-state index contributed by atoms with van der Waals surface area (Å²) >= 11 is 5.55. The zero-order chi connectivity index (χ0) is 19.5. The van der Waals surface area contributed by atoms with E-state index in [0.29, 0.717) is 5.11 Å². The average molecular weight is 392 g/mol. The number of hydrogen-bond acceptors (Lipinski definition) is 4. The summed E-state index contributed by atoms with van der Waals surface area (Å²) in [6, 6.07) is 18.5. The molecule has 28 heavy (non-hydrogen) atoms. The smallest absolute Gasteiger partial charge is 0.244 e. The molecular weight excluding hydrogens is 372 g/mol. The van der Waals surface area contributed by atoms with Crippen LogP contribution >= 0.6 is 12.2 Å². The van der Waals surface area contributed by atoms with Crippen molar-refractivity contribution in [1.29, 1.82) is 0 Å². The summed E-state index contributed by atoms with van der Waals surface area (Å²) in [5.74, 6) is 1.40. The Hall–Kier alpha value is -3.19. The fourth-order valence-corrected chi connectivity index (χ4v) is 3.68. The molecule has 6 nitrogen and oxygen atoms in total. The van der Waals surface area contributed by atoms with Gasteiger partial charge in [0.25, 0.3) is 0 Å². The van der Waals surface area contributed by atoms with Gasteiger partial charge in [0.05, 0.1) is 11.7 Å². The Balaban J connectivity index is 1.61. The zero-order valence-corrected chi connectivity index (χ0v) is 16.1. The van der Waals surface area contributed by atoms with Gasteiger partial charge in [-0.05, 0) is 55.5 Å². The maximum absolute atomic E-state index is 12.7. The van der Waals surface area contributed by atoms with Gasteiger partial charge in [0.1, 0.15) is 24.1 Å². The number of amides is 1. The van der Waals surface area contributed by atoms with Crippen molar-refractivity contribution < 1.29 is 9.21 Å². The van der Waals surface area contributed by atoms with Gasteiger partial charge in [-0.3, -0.25) is 9.78 Å². The predicted molar refractivity (Wildman–Crippen MR) is 111 cm³/mol. The molecule has 3 aromatic rings. The van der Waals surface area contributed by atoms with Crippen LogP contribution in [0, 0.1) is 6.92 Å². The van der Waals surface area contributed by atoms with Crippen LogP contribution < -0.4 is 10.6 Å². The van der Waals surface area contributed by atoms with E-state index in [9.17, 15) is 4.79 Å². The largest absolute Gasteiger partial charge is 0.464 e. The minimum absolute atomic E-state index is 0.106. The number of rotatable bonds is 5. The van der Waals surface area contributed by atoms with Crippen LogP contribution in [0.3, 0.4) is 0 Å². The van der Waals surface area contributed by atoms with Crippen LogP contribution in [0.2, 0.25) is 0 Å². The van der Waals surface area contributed by atoms with Crippen LogP contribution in [0.5, 0.6) is 0 Å². The van der Waals surface area contributed by atoms with Gasteiger partial charge in [-0.25, -0.2) is 0 Å². The molecule has 0 bridgehead atoms. The van der Waals surface area contributed by atoms with E-state index in [2.05, 4.69) is 15.6 Å². The predicted octanol–water partition coefficient (Wildman–Crippen LogP) is 3.59. The van der Waals surface area contributed by atoms with Crippen molar-refractivity contribution in [2.45, 2.75) is 19.0 Å². The first kappa shape index (κ1) is 18.2. The van der Waals surface area contributed by atoms with Crippen molar-refractivity contribution in [1.82, 2.24) is 15.2 Å². The molecule has 1 aliphatic rings. The fraction of sp³-hybridized carbons (Fsp3) is 0.190. The van der Waals surface area contributed by atoms with Gasteiger partial charge in [-0.15, -0.1) is 0 Å². The Kier molecular flexibility index (Phi) is 5.08. The number of thiocarbonyl (C=S) groups is 1. The second-order valence-electron chi connectivity index (χ2n) is 6.62. The lowest BCUT2D eigenvalue weighted by atomic mass is 10.0. The standard InChI is InChI=1S/C21H20N4O2S/c1-14-10-11-17(27-14)20-19(16-9-5-6-12-22-16)24-21(28)25(20)13-18(26)23-15-7-3-2-4-8-15/h2-12,19-20H,13H2,1H3,(H,23,26)(H,24,28)/t19-,20-/m1/s1. The SMILES string of the molecule is Cc1ccc([C@@H]2[C@@H](c3ccccn3)NC(=S)N2CC(=O)Nc2ccccc2)o1. The highest BCUT2D eigenvalue weighted by Gasteiger charge is 2.42. The van der Waals surface area contributed by atoms with Crippen molar-refractivity contribution in [3.05, 3.63) is 84.1 Å². The Morgan fingerprint density at radius 3 is 2.64 bits per heavy atom. The molecule has 1 aliphatic heterocycles. The van der Waals surface area contributed by atoms with Gasteiger partial charge in [0, 0.05) is 11.9 Å². The lowest BCUT2D eigenvalue weighted by molar-refractivity contribution is -0.116. The molecule has 1 amide bonds. The first-order valence-electron chi connectivity index (χ1n) is 9.01. The lowest BCUT2D eigenvalue weighted by Crippen LogP contribution is -2.36. The highest BCUT2D eigenvalue weighted by molar-refractivity contribution is 7.80. The third kappa shape index (κ3) is 3.75. The Morgan fingerprint density at radius 1 is 1.18 bits per heavy atom. The number of pyridine rings is 1. The van der Waals surface area contributed by atoms with E-state index in [4.69, 9.17) is 16.6 Å². The third-order valence-corrected chi connectivity index (χ3v) is 4.97. The Bertz CT molecular complexity index is 974. The van der Waals surface area contributed by atoms with Gasteiger partial charge < -0.3 is 20.0 Å². The number of benzene rings is 1. The molecule has 0 saturated carbocycles. The Labute approximate surface area is 168 Å². The number of nitrogens with one attached hydrogen (secondary N) is 2. The summed E-state index contributed by atoms with van der Waals surface area (Å²) in [6.07, 6.45) is 1.75. The molecular formula is C21H20N4O2S. The van der Waals surface area contributed by atoms with Crippen molar-refractivity contribution >= 4 is 28.9 Å². The van der Waals surface area contributed by atoms with Crippen LogP contribution in [-0.2, 0) is 4.79 Å². The number of carbonyl (C=O) groups excluding carboxylic acids is 1. The van der Waals surface area contributed by atoms with Gasteiger partial charge in [0.2, 0.25) is 5.91 Å². The third-order valence-electron chi connectivity index (χ3n) is 4.62. The van der Waals surface area contributed by atoms with Crippen LogP contribution in [0.4, 0.5) is 5.69 Å². The molecule has 1 aromatic carbocycles. The van der Waals surface area contributed by atoms with E-state index in [0.717, 1.165) is 22.9 Å². The number of nitrogens with zero attached hydrogens (tertiary/aromatic N) is 2. The number of furan rings is 1. The van der Waals surface area contributed by atoms with E-state index in [1.54, 1.807) is 6.20 Å². The first-order chi connectivity index (χ1) is 13.6. The van der Waals surface area contributed by atoms with Crippen molar-refractivity contribution in [2.75, 3.05) is 11.9 Å². The summed E-state index contributed by atoms with van der Waals surface area (Å²) in [5, 5.41) is 6.71. The molecule has 7 heteroatoms. The molecule has 1 fully saturated rings. The molecule has 0 unspecified atom stereocenters. The van der Waals surface area contributed by atoms with Crippen molar-refractivity contribution in [3.63, 3.8) is 0 Å². The van der Waals surface area contributed by atoms with E-state index in [-0.39, 0.29) is 24.5 Å². The summed E-state index contributed by atoms with van der Waals surface area (Å²) in [5.41, 5.74) is 1.59. The van der Waals surface area contributed by atoms with Gasteiger partial charge in [0.15, 0.2) is 5.11 Å². The molecule has 142 valence electrons. The minimum Gasteiger partial charge on any atom is -0.464 e. The van der Waals surface area contributed by atoms with Gasteiger partial charge in [-0.2, -0.15) is 0 Å². The number of carbonyl (C=O) groups is 1. The summed E-state index contributed by atoms with van der Waals surface area (Å²) in [4.78, 5) is 19.0. The second kappa shape index (κ2) is 7.82. The number of aromatic nitrogens is 1. The molecule has 0 spiro atoms. The highest BCUT2D eigenvalue weighted by atomic mass is 32.1. The van der Waals surface area contributed by atoms with E-state index < -0.39 is 0 Å². The number of para-hydroxylation sites is 1. The minimum atomic E-state index is -0.266. The van der Waals surface area contributed by atoms with E-state index in [1.165, 1.54) is 0 Å². The molecule has 4 rings (SSSR count). The average Bonchev–Trinajstić information content (AvgIpc) is 3.26. The lowest BCUT2D eigenvalue weighted by Gasteiger charge is -2.25. The first-order valence-corrected chi connectivity index (χ1v) is 9.42. The normalized spacial score (nSPS) is 18.8. The zero-order valence-electron chi connectivity index (χ0n) is 15.3. The van der Waals surface area contributed by atoms with Crippen LogP contribution in [0.1, 0.15) is 29.3 Å². The maximum Gasteiger partial charge on any atom is 0.244 e. The van der Waals surface area contributed by atoms with E-state index in [1.807, 2.05) is 72.5 Å². The summed E-state index contributed by atoms with van der Waals surface area (Å²) < 4.78 is 5.90. The molecule has 2 aromatic heterocycles. The van der Waals surface area contributed by atoms with Crippen molar-refractivity contribution in [3.8, 4) is 0 Å². The maximum atomic E-state index is 12.7. The van der Waals surface area contributed by atoms with Crippen molar-refractivity contribution in [2.24, 2.45) is 0 Å². The number of aryl methyl sites for hydroxylation is 1. The Morgan fingerprint density at radius 2 is 1.96 bits per heavy atom. The molecule has 2 N–H and O–H groups in total. The molecule has 3 heterocycles. The number of anilines is 1. The van der Waals surface area contributed by atoms with Crippen LogP contribution in [0.15, 0.2) is 71.3 Å². The molecule has 2 atom stereocenters. The topological polar surface area (TPSA) is 70.4 Å². The monoisotopic (exact) mass is 392 g/mol. The molecule has 0 radical (unpaired) electrons.